The van der Waals surface area contributed by atoms with Gasteiger partial charge in [-0.15, -0.1) is 0 Å². The number of rotatable bonds is 7. The van der Waals surface area contributed by atoms with Gasteiger partial charge in [0, 0.05) is 25.2 Å². The molecule has 0 unspecified atom stereocenters. The number of hydrogen-bond donors (Lipinski definition) is 0. The van der Waals surface area contributed by atoms with Gasteiger partial charge < -0.3 is 4.74 Å². The van der Waals surface area contributed by atoms with Crippen LogP contribution in [-0.4, -0.2) is 42.6 Å². The summed E-state index contributed by atoms with van der Waals surface area (Å²) in [5.41, 5.74) is 0.897. The van der Waals surface area contributed by atoms with E-state index < -0.39 is 14.9 Å². The van der Waals surface area contributed by atoms with Gasteiger partial charge in [0.2, 0.25) is 10.0 Å². The summed E-state index contributed by atoms with van der Waals surface area (Å²) < 4.78 is 32.5. The molecule has 0 aromatic heterocycles. The normalized spacial score (nSPS) is 16.0. The number of ether oxygens (including phenoxy) is 1. The predicted molar refractivity (Wildman–Crippen MR) is 107 cm³/mol. The largest absolute Gasteiger partial charge is 0.489 e. The van der Waals surface area contributed by atoms with E-state index in [1.165, 1.54) is 22.5 Å². The van der Waals surface area contributed by atoms with Crippen LogP contribution < -0.4 is 4.74 Å². The minimum Gasteiger partial charge on any atom is -0.489 e. The summed E-state index contributed by atoms with van der Waals surface area (Å²) in [7, 11) is -3.32. The highest BCUT2D eigenvalue weighted by Crippen LogP contribution is 2.31. The summed E-state index contributed by atoms with van der Waals surface area (Å²) >= 11 is 6.06. The molecule has 28 heavy (non-hydrogen) atoms. The fourth-order valence-electron chi connectivity index (χ4n) is 3.13. The van der Waals surface area contributed by atoms with Crippen LogP contribution in [-0.2, 0) is 16.4 Å². The first kappa shape index (κ1) is 20.6. The quantitative estimate of drug-likeness (QED) is 0.499. The van der Waals surface area contributed by atoms with Crippen molar-refractivity contribution in [3.8, 4) is 5.75 Å². The molecule has 0 radical (unpaired) electrons. The average Bonchev–Trinajstić information content (AvgIpc) is 2.69. The van der Waals surface area contributed by atoms with Gasteiger partial charge in [-0.3, -0.25) is 10.1 Å². The van der Waals surface area contributed by atoms with Crippen molar-refractivity contribution in [2.75, 3.05) is 18.8 Å². The molecule has 0 amide bonds. The smallest absolute Gasteiger partial charge is 0.271 e. The molecule has 150 valence electrons. The van der Waals surface area contributed by atoms with Crippen molar-refractivity contribution in [3.63, 3.8) is 0 Å². The number of piperidine rings is 1. The second kappa shape index (κ2) is 8.89. The van der Waals surface area contributed by atoms with E-state index in [4.69, 9.17) is 16.3 Å². The summed E-state index contributed by atoms with van der Waals surface area (Å²) in [5.74, 6) is 0.453. The maximum absolute atomic E-state index is 12.6. The Kier molecular flexibility index (Phi) is 6.53. The van der Waals surface area contributed by atoms with E-state index in [0.717, 1.165) is 5.56 Å². The molecule has 1 aliphatic rings. The zero-order valence-electron chi connectivity index (χ0n) is 15.2. The van der Waals surface area contributed by atoms with Crippen molar-refractivity contribution >= 4 is 27.3 Å². The monoisotopic (exact) mass is 424 g/mol. The highest BCUT2D eigenvalue weighted by Gasteiger charge is 2.29. The second-order valence-electron chi connectivity index (χ2n) is 6.64. The number of hydrogen-bond acceptors (Lipinski definition) is 5. The molecule has 1 fully saturated rings. The Hall–Kier alpha value is -2.16. The Morgan fingerprint density at radius 3 is 2.43 bits per heavy atom. The maximum atomic E-state index is 12.6. The molecule has 1 heterocycles. The molecule has 0 N–H and O–H groups in total. The number of benzene rings is 2. The number of non-ortho nitro benzene ring substituents is 1. The van der Waals surface area contributed by atoms with Crippen LogP contribution in [0.5, 0.6) is 5.75 Å². The van der Waals surface area contributed by atoms with Crippen LogP contribution in [0.1, 0.15) is 18.4 Å². The SMILES string of the molecule is O=[N+]([O-])c1ccc(OC2CCN(S(=O)(=O)CCc3ccccc3)CC2)c(Cl)c1. The highest BCUT2D eigenvalue weighted by molar-refractivity contribution is 7.89. The number of sulfonamides is 1. The standard InChI is InChI=1S/C19H21ClN2O5S/c20-18-14-16(22(23)24)6-7-19(18)27-17-8-11-21(12-9-17)28(25,26)13-10-15-4-2-1-3-5-15/h1-7,14,17H,8-13H2. The van der Waals surface area contributed by atoms with E-state index in [-0.39, 0.29) is 22.6 Å². The lowest BCUT2D eigenvalue weighted by atomic mass is 10.1. The van der Waals surface area contributed by atoms with Gasteiger partial charge in [0.25, 0.3) is 5.69 Å². The molecule has 1 aliphatic heterocycles. The highest BCUT2D eigenvalue weighted by atomic mass is 35.5. The van der Waals surface area contributed by atoms with Crippen LogP contribution in [0.25, 0.3) is 0 Å². The average molecular weight is 425 g/mol. The lowest BCUT2D eigenvalue weighted by molar-refractivity contribution is -0.384. The number of nitro benzene ring substituents is 1. The van der Waals surface area contributed by atoms with Gasteiger partial charge in [-0.2, -0.15) is 0 Å². The summed E-state index contributed by atoms with van der Waals surface area (Å²) in [6.07, 6.45) is 1.38. The van der Waals surface area contributed by atoms with Crippen molar-refractivity contribution in [1.29, 1.82) is 0 Å². The van der Waals surface area contributed by atoms with Crippen molar-refractivity contribution in [2.24, 2.45) is 0 Å². The molecule has 2 aromatic rings. The van der Waals surface area contributed by atoms with Crippen molar-refractivity contribution in [3.05, 3.63) is 69.2 Å². The molecule has 0 saturated carbocycles. The third-order valence-electron chi connectivity index (χ3n) is 4.71. The number of nitro groups is 1. The molecular formula is C19H21ClN2O5S. The molecule has 2 aromatic carbocycles. The van der Waals surface area contributed by atoms with Gasteiger partial charge in [-0.25, -0.2) is 12.7 Å². The van der Waals surface area contributed by atoms with Gasteiger partial charge in [0.05, 0.1) is 15.7 Å². The Bertz CT molecular complexity index is 929. The Morgan fingerprint density at radius 2 is 1.82 bits per heavy atom. The van der Waals surface area contributed by atoms with Crippen LogP contribution in [0, 0.1) is 10.1 Å². The topological polar surface area (TPSA) is 89.8 Å². The van der Waals surface area contributed by atoms with Gasteiger partial charge in [0.1, 0.15) is 11.9 Å². The van der Waals surface area contributed by atoms with Crippen LogP contribution in [0.3, 0.4) is 0 Å². The molecule has 1 saturated heterocycles. The predicted octanol–water partition coefficient (Wildman–Crippen LogP) is 3.66. The summed E-state index contributed by atoms with van der Waals surface area (Å²) in [4.78, 5) is 10.3. The first-order valence-corrected chi connectivity index (χ1v) is 11.0. The fraction of sp³-hybridized carbons (Fsp3) is 0.368. The van der Waals surface area contributed by atoms with Crippen LogP contribution >= 0.6 is 11.6 Å². The molecule has 0 bridgehead atoms. The minimum atomic E-state index is -3.32. The van der Waals surface area contributed by atoms with E-state index in [0.29, 0.717) is 38.1 Å². The summed E-state index contributed by atoms with van der Waals surface area (Å²) in [6, 6.07) is 13.6. The van der Waals surface area contributed by atoms with Crippen molar-refractivity contribution in [1.82, 2.24) is 4.31 Å². The van der Waals surface area contributed by atoms with E-state index >= 15 is 0 Å². The van der Waals surface area contributed by atoms with Gasteiger partial charge >= 0.3 is 0 Å². The maximum Gasteiger partial charge on any atom is 0.271 e. The number of halogens is 1. The van der Waals surface area contributed by atoms with E-state index in [2.05, 4.69) is 0 Å². The minimum absolute atomic E-state index is 0.0801. The van der Waals surface area contributed by atoms with E-state index in [1.54, 1.807) is 0 Å². The molecule has 7 nitrogen and oxygen atoms in total. The zero-order chi connectivity index (χ0) is 20.1. The van der Waals surface area contributed by atoms with Crippen LogP contribution in [0.2, 0.25) is 5.02 Å². The number of nitrogens with zero attached hydrogens (tertiary/aromatic N) is 2. The Balaban J connectivity index is 1.53. The lowest BCUT2D eigenvalue weighted by Crippen LogP contribution is -2.43. The first-order valence-electron chi connectivity index (χ1n) is 8.97. The molecular weight excluding hydrogens is 404 g/mol. The first-order chi connectivity index (χ1) is 13.3. The van der Waals surface area contributed by atoms with E-state index in [9.17, 15) is 18.5 Å². The molecule has 0 atom stereocenters. The van der Waals surface area contributed by atoms with Gasteiger partial charge in [-0.1, -0.05) is 41.9 Å². The van der Waals surface area contributed by atoms with Gasteiger partial charge in [0.15, 0.2) is 0 Å². The fourth-order valence-corrected chi connectivity index (χ4v) is 4.87. The van der Waals surface area contributed by atoms with Crippen molar-refractivity contribution in [2.45, 2.75) is 25.4 Å². The third kappa shape index (κ3) is 5.21. The summed E-state index contributed by atoms with van der Waals surface area (Å²) in [5, 5.41) is 10.9. The zero-order valence-corrected chi connectivity index (χ0v) is 16.7. The third-order valence-corrected chi connectivity index (χ3v) is 6.87. The molecule has 3 rings (SSSR count). The van der Waals surface area contributed by atoms with Crippen molar-refractivity contribution < 1.29 is 18.1 Å². The number of aryl methyl sites for hydroxylation is 1. The second-order valence-corrected chi connectivity index (χ2v) is 9.14. The molecule has 0 spiro atoms. The van der Waals surface area contributed by atoms with Crippen LogP contribution in [0.15, 0.2) is 48.5 Å². The van der Waals surface area contributed by atoms with E-state index in [1.807, 2.05) is 30.3 Å². The lowest BCUT2D eigenvalue weighted by Gasteiger charge is -2.31. The molecule has 0 aliphatic carbocycles. The van der Waals surface area contributed by atoms with Gasteiger partial charge in [-0.05, 0) is 30.9 Å². The Morgan fingerprint density at radius 1 is 1.14 bits per heavy atom. The Labute approximate surface area is 169 Å². The van der Waals surface area contributed by atoms with Crippen LogP contribution in [0.4, 0.5) is 5.69 Å². The summed E-state index contributed by atoms with van der Waals surface area (Å²) in [6.45, 7) is 0.763. The molecule has 9 heteroatoms.